The fraction of sp³-hybridized carbons (Fsp3) is 0.615. The molecule has 0 amide bonds. The van der Waals surface area contributed by atoms with Gasteiger partial charge >= 0.3 is 0 Å². The van der Waals surface area contributed by atoms with Crippen molar-refractivity contribution in [3.05, 3.63) is 29.0 Å². The number of hydrogen-bond donors (Lipinski definition) is 1. The molecule has 1 atom stereocenters. The molecule has 0 saturated carbocycles. The van der Waals surface area contributed by atoms with Crippen molar-refractivity contribution in [1.29, 1.82) is 0 Å². The summed E-state index contributed by atoms with van der Waals surface area (Å²) in [5.74, 6) is 0. The Balaban J connectivity index is 1.93. The summed E-state index contributed by atoms with van der Waals surface area (Å²) in [6.07, 6.45) is 5.56. The second-order valence-corrected chi connectivity index (χ2v) is 5.12. The van der Waals surface area contributed by atoms with Gasteiger partial charge in [-0.2, -0.15) is 0 Å². The molecular formula is C13H20ClN3. The van der Waals surface area contributed by atoms with Crippen molar-refractivity contribution in [2.75, 3.05) is 20.1 Å². The lowest BCUT2D eigenvalue weighted by atomic mass is 10.1. The van der Waals surface area contributed by atoms with E-state index in [0.29, 0.717) is 11.2 Å². The fourth-order valence-electron chi connectivity index (χ4n) is 2.40. The number of rotatable bonds is 3. The van der Waals surface area contributed by atoms with Crippen molar-refractivity contribution in [3.63, 3.8) is 0 Å². The van der Waals surface area contributed by atoms with Crippen LogP contribution in [0.1, 0.15) is 24.8 Å². The summed E-state index contributed by atoms with van der Waals surface area (Å²) in [6.45, 7) is 3.24. The van der Waals surface area contributed by atoms with Crippen LogP contribution >= 0.6 is 11.6 Å². The maximum Gasteiger partial charge on any atom is 0.129 e. The Kier molecular flexibility index (Phi) is 4.77. The highest BCUT2D eigenvalue weighted by molar-refractivity contribution is 6.29. The number of pyridine rings is 1. The molecule has 1 N–H and O–H groups in total. The van der Waals surface area contributed by atoms with Gasteiger partial charge in [-0.15, -0.1) is 0 Å². The predicted octanol–water partition coefficient (Wildman–Crippen LogP) is 2.31. The zero-order valence-corrected chi connectivity index (χ0v) is 11.1. The van der Waals surface area contributed by atoms with Gasteiger partial charge in [-0.25, -0.2) is 4.98 Å². The predicted molar refractivity (Wildman–Crippen MR) is 71.2 cm³/mol. The van der Waals surface area contributed by atoms with Gasteiger partial charge in [-0.05, 0) is 57.1 Å². The highest BCUT2D eigenvalue weighted by Crippen LogP contribution is 2.16. The van der Waals surface area contributed by atoms with Crippen molar-refractivity contribution in [1.82, 2.24) is 15.2 Å². The van der Waals surface area contributed by atoms with E-state index >= 15 is 0 Å². The molecular weight excluding hydrogens is 234 g/mol. The van der Waals surface area contributed by atoms with E-state index in [0.717, 1.165) is 19.6 Å². The first kappa shape index (κ1) is 12.8. The van der Waals surface area contributed by atoms with Crippen molar-refractivity contribution in [3.8, 4) is 0 Å². The molecule has 17 heavy (non-hydrogen) atoms. The van der Waals surface area contributed by atoms with E-state index < -0.39 is 0 Å². The Morgan fingerprint density at radius 1 is 1.47 bits per heavy atom. The maximum absolute atomic E-state index is 5.90. The van der Waals surface area contributed by atoms with Crippen LogP contribution < -0.4 is 5.32 Å². The second kappa shape index (κ2) is 6.34. The molecule has 1 fully saturated rings. The summed E-state index contributed by atoms with van der Waals surface area (Å²) >= 11 is 5.90. The molecule has 1 saturated heterocycles. The molecule has 1 unspecified atom stereocenters. The van der Waals surface area contributed by atoms with Crippen LogP contribution in [0.5, 0.6) is 0 Å². The fourth-order valence-corrected chi connectivity index (χ4v) is 2.60. The van der Waals surface area contributed by atoms with Gasteiger partial charge < -0.3 is 5.32 Å². The molecule has 0 spiro atoms. The number of aromatic nitrogens is 1. The summed E-state index contributed by atoms with van der Waals surface area (Å²) in [5, 5.41) is 4.03. The largest absolute Gasteiger partial charge is 0.317 e. The molecule has 0 bridgehead atoms. The van der Waals surface area contributed by atoms with Crippen LogP contribution in [0, 0.1) is 0 Å². The van der Waals surface area contributed by atoms with Gasteiger partial charge in [0.2, 0.25) is 0 Å². The summed E-state index contributed by atoms with van der Waals surface area (Å²) < 4.78 is 0. The average molecular weight is 254 g/mol. The minimum atomic E-state index is 0.582. The van der Waals surface area contributed by atoms with Crippen molar-refractivity contribution in [2.45, 2.75) is 31.8 Å². The highest BCUT2D eigenvalue weighted by Gasteiger charge is 2.16. The topological polar surface area (TPSA) is 28.2 Å². The Bertz CT molecular complexity index is 348. The molecule has 0 aliphatic carbocycles. The minimum Gasteiger partial charge on any atom is -0.317 e. The van der Waals surface area contributed by atoms with E-state index in [9.17, 15) is 0 Å². The van der Waals surface area contributed by atoms with Crippen LogP contribution in [0.25, 0.3) is 0 Å². The first-order valence-corrected chi connectivity index (χ1v) is 6.65. The van der Waals surface area contributed by atoms with Gasteiger partial charge in [-0.3, -0.25) is 4.90 Å². The lowest BCUT2D eigenvalue weighted by Gasteiger charge is -2.26. The third-order valence-electron chi connectivity index (χ3n) is 3.39. The molecule has 1 aromatic heterocycles. The van der Waals surface area contributed by atoms with Crippen LogP contribution in [-0.2, 0) is 6.54 Å². The van der Waals surface area contributed by atoms with E-state index in [1.165, 1.54) is 24.8 Å². The Labute approximate surface area is 108 Å². The van der Waals surface area contributed by atoms with E-state index in [1.54, 1.807) is 6.20 Å². The second-order valence-electron chi connectivity index (χ2n) is 4.74. The Hall–Kier alpha value is -0.640. The van der Waals surface area contributed by atoms with Crippen LogP contribution in [0.3, 0.4) is 0 Å². The molecule has 0 radical (unpaired) electrons. The van der Waals surface area contributed by atoms with Crippen molar-refractivity contribution >= 4 is 11.6 Å². The molecule has 0 aromatic carbocycles. The van der Waals surface area contributed by atoms with E-state index in [4.69, 9.17) is 11.6 Å². The molecule has 2 rings (SSSR count). The lowest BCUT2D eigenvalue weighted by molar-refractivity contribution is 0.216. The molecule has 3 nitrogen and oxygen atoms in total. The summed E-state index contributed by atoms with van der Waals surface area (Å²) in [6, 6.07) is 4.67. The smallest absolute Gasteiger partial charge is 0.129 e. The zero-order valence-electron chi connectivity index (χ0n) is 10.3. The SMILES string of the molecule is CN(Cc1ccnc(Cl)c1)C1CCCNCC1. The minimum absolute atomic E-state index is 0.582. The lowest BCUT2D eigenvalue weighted by Crippen LogP contribution is -2.32. The quantitative estimate of drug-likeness (QED) is 0.838. The molecule has 1 aliphatic rings. The van der Waals surface area contributed by atoms with Gasteiger partial charge in [0.15, 0.2) is 0 Å². The molecule has 4 heteroatoms. The molecule has 2 heterocycles. The summed E-state index contributed by atoms with van der Waals surface area (Å²) in [4.78, 5) is 6.44. The standard InChI is InChI=1S/C13H20ClN3/c1-17(12-3-2-6-15-7-5-12)10-11-4-8-16-13(14)9-11/h4,8-9,12,15H,2-3,5-7,10H2,1H3. The number of halogens is 1. The van der Waals surface area contributed by atoms with Crippen LogP contribution in [0.15, 0.2) is 18.3 Å². The molecule has 94 valence electrons. The summed E-state index contributed by atoms with van der Waals surface area (Å²) in [5.41, 5.74) is 1.24. The van der Waals surface area contributed by atoms with Gasteiger partial charge in [-0.1, -0.05) is 11.6 Å². The highest BCUT2D eigenvalue weighted by atomic mass is 35.5. The zero-order chi connectivity index (χ0) is 12.1. The van der Waals surface area contributed by atoms with Crippen LogP contribution in [0.2, 0.25) is 5.15 Å². The molecule has 1 aliphatic heterocycles. The summed E-state index contributed by atoms with van der Waals surface area (Å²) in [7, 11) is 2.20. The van der Waals surface area contributed by atoms with Gasteiger partial charge in [0, 0.05) is 18.8 Å². The number of nitrogens with one attached hydrogen (secondary N) is 1. The van der Waals surface area contributed by atoms with E-state index in [2.05, 4.69) is 22.2 Å². The average Bonchev–Trinajstić information content (AvgIpc) is 2.57. The first-order chi connectivity index (χ1) is 8.25. The first-order valence-electron chi connectivity index (χ1n) is 6.27. The third kappa shape index (κ3) is 3.95. The normalized spacial score (nSPS) is 21.5. The van der Waals surface area contributed by atoms with Crippen molar-refractivity contribution in [2.24, 2.45) is 0 Å². The van der Waals surface area contributed by atoms with Gasteiger partial charge in [0.25, 0.3) is 0 Å². The third-order valence-corrected chi connectivity index (χ3v) is 3.60. The van der Waals surface area contributed by atoms with E-state index in [1.807, 2.05) is 12.1 Å². The molecule has 1 aromatic rings. The monoisotopic (exact) mass is 253 g/mol. The van der Waals surface area contributed by atoms with Crippen molar-refractivity contribution < 1.29 is 0 Å². The Morgan fingerprint density at radius 2 is 2.35 bits per heavy atom. The maximum atomic E-state index is 5.90. The van der Waals surface area contributed by atoms with Crippen LogP contribution in [-0.4, -0.2) is 36.1 Å². The van der Waals surface area contributed by atoms with Gasteiger partial charge in [0.05, 0.1) is 0 Å². The number of nitrogens with zero attached hydrogens (tertiary/aromatic N) is 2. The Morgan fingerprint density at radius 3 is 3.18 bits per heavy atom. The van der Waals surface area contributed by atoms with E-state index in [-0.39, 0.29) is 0 Å². The van der Waals surface area contributed by atoms with Crippen LogP contribution in [0.4, 0.5) is 0 Å². The number of hydrogen-bond acceptors (Lipinski definition) is 3. The van der Waals surface area contributed by atoms with Gasteiger partial charge in [0.1, 0.15) is 5.15 Å².